The lowest BCUT2D eigenvalue weighted by atomic mass is 10.1. The number of hydrogen-bond donors (Lipinski definition) is 0. The van der Waals surface area contributed by atoms with Gasteiger partial charge in [0.1, 0.15) is 40.5 Å². The fourth-order valence-corrected chi connectivity index (χ4v) is 6.14. The van der Waals surface area contributed by atoms with Crippen LogP contribution in [0.15, 0.2) is 48.5 Å². The number of imidazole rings is 1. The Kier molecular flexibility index (Phi) is 14.4. The molecule has 1 atom stereocenters. The summed E-state index contributed by atoms with van der Waals surface area (Å²) in [6.45, 7) is 17.9. The van der Waals surface area contributed by atoms with Gasteiger partial charge in [0.2, 0.25) is 0 Å². The van der Waals surface area contributed by atoms with Gasteiger partial charge < -0.3 is 28.6 Å². The second-order valence-corrected chi connectivity index (χ2v) is 12.8. The van der Waals surface area contributed by atoms with Crippen molar-refractivity contribution in [2.75, 3.05) is 45.9 Å². The fourth-order valence-electron chi connectivity index (χ4n) is 6.14. The summed E-state index contributed by atoms with van der Waals surface area (Å²) in [5.74, 6) is -1.47. The molecule has 0 bridgehead atoms. The van der Waals surface area contributed by atoms with Gasteiger partial charge in [-0.1, -0.05) is 41.0 Å². The van der Waals surface area contributed by atoms with Gasteiger partial charge in [0, 0.05) is 37.3 Å². The summed E-state index contributed by atoms with van der Waals surface area (Å²) in [6.07, 6.45) is -8.05. The Morgan fingerprint density at radius 3 is 1.98 bits per heavy atom. The van der Waals surface area contributed by atoms with Crippen LogP contribution in [0.1, 0.15) is 71.9 Å². The number of rotatable bonds is 19. The predicted octanol–water partition coefficient (Wildman–Crippen LogP) is 10.7. The monoisotopic (exact) mass is 754 g/mol. The first kappa shape index (κ1) is 41.7. The van der Waals surface area contributed by atoms with E-state index in [4.69, 9.17) is 19.2 Å². The molecule has 0 aliphatic carbocycles. The van der Waals surface area contributed by atoms with E-state index in [1.807, 2.05) is 13.8 Å². The Morgan fingerprint density at radius 2 is 1.38 bits per heavy atom. The second kappa shape index (κ2) is 18.3. The Morgan fingerprint density at radius 1 is 0.755 bits per heavy atom. The van der Waals surface area contributed by atoms with Crippen molar-refractivity contribution in [2.45, 2.75) is 85.8 Å². The van der Waals surface area contributed by atoms with Crippen molar-refractivity contribution in [2.24, 2.45) is 0 Å². The summed E-state index contributed by atoms with van der Waals surface area (Å²) < 4.78 is 118. The molecule has 4 aromatic rings. The lowest BCUT2D eigenvalue weighted by Crippen LogP contribution is -2.33. The SMILES string of the molecule is CCCCn1c(-c2ccc(Oc3ccc(F)c(C(F)(F)F)c3)cc2C(F)(F)F)nc2c(OC(C)CN(CC)CC)cc(OCCCN(CC)CC)cc21. The zero-order valence-electron chi connectivity index (χ0n) is 31.1. The average molecular weight is 755 g/mol. The molecule has 0 amide bonds. The summed E-state index contributed by atoms with van der Waals surface area (Å²) >= 11 is 0. The van der Waals surface area contributed by atoms with Crippen molar-refractivity contribution in [3.8, 4) is 34.4 Å². The van der Waals surface area contributed by atoms with Gasteiger partial charge >= 0.3 is 12.4 Å². The minimum atomic E-state index is -5.02. The highest BCUT2D eigenvalue weighted by Gasteiger charge is 2.37. The lowest BCUT2D eigenvalue weighted by molar-refractivity contribution is -0.140. The van der Waals surface area contributed by atoms with Crippen LogP contribution in [0.5, 0.6) is 23.0 Å². The number of fused-ring (bicyclic) bond motifs is 1. The number of nitrogens with zero attached hydrogens (tertiary/aromatic N) is 4. The van der Waals surface area contributed by atoms with Crippen LogP contribution >= 0.6 is 0 Å². The van der Waals surface area contributed by atoms with E-state index in [9.17, 15) is 30.7 Å². The van der Waals surface area contributed by atoms with Crippen LogP contribution in [0.25, 0.3) is 22.4 Å². The Balaban J connectivity index is 1.83. The van der Waals surface area contributed by atoms with Crippen molar-refractivity contribution in [1.29, 1.82) is 0 Å². The summed E-state index contributed by atoms with van der Waals surface area (Å²) in [5, 5.41) is 0. The van der Waals surface area contributed by atoms with E-state index in [0.29, 0.717) is 66.8 Å². The number of ether oxygens (including phenoxy) is 3. The van der Waals surface area contributed by atoms with Crippen LogP contribution in [-0.2, 0) is 18.9 Å². The van der Waals surface area contributed by atoms with Gasteiger partial charge in [-0.3, -0.25) is 0 Å². The van der Waals surface area contributed by atoms with Gasteiger partial charge in [-0.15, -0.1) is 0 Å². The summed E-state index contributed by atoms with van der Waals surface area (Å²) in [4.78, 5) is 9.27. The van der Waals surface area contributed by atoms with E-state index < -0.39 is 35.0 Å². The zero-order valence-corrected chi connectivity index (χ0v) is 31.1. The zero-order chi connectivity index (χ0) is 38.9. The summed E-state index contributed by atoms with van der Waals surface area (Å²) in [7, 11) is 0. The van der Waals surface area contributed by atoms with Gasteiger partial charge in [-0.2, -0.15) is 26.3 Å². The molecule has 1 aromatic heterocycles. The first-order chi connectivity index (χ1) is 25.1. The smallest absolute Gasteiger partial charge is 0.419 e. The number of aromatic nitrogens is 2. The molecule has 0 N–H and O–H groups in total. The maximum Gasteiger partial charge on any atom is 0.419 e. The number of halogens is 7. The topological polar surface area (TPSA) is 52.0 Å². The summed E-state index contributed by atoms with van der Waals surface area (Å²) in [5.41, 5.74) is -2.04. The maximum absolute atomic E-state index is 14.8. The van der Waals surface area contributed by atoms with Gasteiger partial charge in [-0.25, -0.2) is 9.37 Å². The van der Waals surface area contributed by atoms with Crippen LogP contribution in [-0.4, -0.2) is 71.3 Å². The third kappa shape index (κ3) is 10.8. The quantitative estimate of drug-likeness (QED) is 0.0702. The van der Waals surface area contributed by atoms with Crippen molar-refractivity contribution < 1.29 is 44.9 Å². The number of hydrogen-bond acceptors (Lipinski definition) is 6. The molecule has 1 heterocycles. The van der Waals surface area contributed by atoms with Crippen molar-refractivity contribution >= 4 is 11.0 Å². The Labute approximate surface area is 306 Å². The van der Waals surface area contributed by atoms with Gasteiger partial charge in [0.25, 0.3) is 0 Å². The highest BCUT2D eigenvalue weighted by atomic mass is 19.4. The number of unbranched alkanes of at least 4 members (excludes halogenated alkanes) is 1. The van der Waals surface area contributed by atoms with Crippen LogP contribution in [0, 0.1) is 5.82 Å². The van der Waals surface area contributed by atoms with E-state index in [1.165, 1.54) is 12.1 Å². The lowest BCUT2D eigenvalue weighted by Gasteiger charge is -2.24. The number of aryl methyl sites for hydroxylation is 1. The minimum Gasteiger partial charge on any atom is -0.493 e. The molecule has 0 saturated carbocycles. The van der Waals surface area contributed by atoms with Crippen LogP contribution in [0.4, 0.5) is 30.7 Å². The molecule has 53 heavy (non-hydrogen) atoms. The Hall–Kier alpha value is -4.04. The number of alkyl halides is 6. The molecule has 0 aliphatic rings. The average Bonchev–Trinajstić information content (AvgIpc) is 3.48. The van der Waals surface area contributed by atoms with Crippen molar-refractivity contribution in [3.63, 3.8) is 0 Å². The minimum absolute atomic E-state index is 0.0356. The molecule has 0 fully saturated rings. The standard InChI is InChI=1S/C39H49F7N4O3/c1-7-12-19-50-34-23-29(51-20-13-18-48(8-2)9-3)24-35(52-26(6)25-49(10-4)11-5)36(34)47-37(50)30-16-14-27(21-31(30)38(41,42)43)53-28-15-17-33(40)32(22-28)39(44,45)46/h14-17,21-24,26H,7-13,18-20,25H2,1-6H3. The van der Waals surface area contributed by atoms with Crippen molar-refractivity contribution in [1.82, 2.24) is 19.4 Å². The van der Waals surface area contributed by atoms with E-state index in [0.717, 1.165) is 51.6 Å². The molecule has 0 spiro atoms. The van der Waals surface area contributed by atoms with Gasteiger partial charge in [0.05, 0.1) is 23.3 Å². The highest BCUT2D eigenvalue weighted by molar-refractivity contribution is 5.88. The van der Waals surface area contributed by atoms with Crippen LogP contribution < -0.4 is 14.2 Å². The predicted molar refractivity (Wildman–Crippen MR) is 192 cm³/mol. The first-order valence-electron chi connectivity index (χ1n) is 18.2. The van der Waals surface area contributed by atoms with E-state index in [1.54, 1.807) is 16.7 Å². The molecular weight excluding hydrogens is 705 g/mol. The maximum atomic E-state index is 14.8. The van der Waals surface area contributed by atoms with Crippen molar-refractivity contribution in [3.05, 3.63) is 65.5 Å². The Bertz CT molecular complexity index is 1780. The summed E-state index contributed by atoms with van der Waals surface area (Å²) in [6, 6.07) is 8.51. The molecule has 4 rings (SSSR count). The third-order valence-electron chi connectivity index (χ3n) is 9.06. The number of benzene rings is 3. The fraction of sp³-hybridized carbons (Fsp3) is 0.513. The second-order valence-electron chi connectivity index (χ2n) is 12.8. The van der Waals surface area contributed by atoms with Crippen LogP contribution in [0.2, 0.25) is 0 Å². The van der Waals surface area contributed by atoms with Gasteiger partial charge in [0.15, 0.2) is 5.75 Å². The molecule has 14 heteroatoms. The molecular formula is C39H49F7N4O3. The van der Waals surface area contributed by atoms with E-state index in [2.05, 4.69) is 37.5 Å². The van der Waals surface area contributed by atoms with Crippen LogP contribution in [0.3, 0.4) is 0 Å². The largest absolute Gasteiger partial charge is 0.493 e. The molecule has 292 valence electrons. The van der Waals surface area contributed by atoms with Gasteiger partial charge in [-0.05, 0) is 82.3 Å². The highest BCUT2D eigenvalue weighted by Crippen LogP contribution is 2.43. The molecule has 1 unspecified atom stereocenters. The molecule has 0 aliphatic heterocycles. The van der Waals surface area contributed by atoms with E-state index >= 15 is 0 Å². The molecule has 3 aromatic carbocycles. The molecule has 7 nitrogen and oxygen atoms in total. The third-order valence-corrected chi connectivity index (χ3v) is 9.06. The molecule has 0 saturated heterocycles. The normalized spacial score (nSPS) is 13.0. The first-order valence-corrected chi connectivity index (χ1v) is 18.2. The van der Waals surface area contributed by atoms with E-state index in [-0.39, 0.29) is 23.2 Å². The molecule has 0 radical (unpaired) electrons. The number of likely N-dealkylation sites (N-methyl/N-ethyl adjacent to an activating group) is 1.